The topological polar surface area (TPSA) is 127 Å². The molecule has 3 atom stereocenters. The first-order valence-electron chi connectivity index (χ1n) is 13.7. The number of nitrogens with zero attached hydrogens (tertiary/aromatic N) is 5. The minimum absolute atomic E-state index is 0.00801. The Morgan fingerprint density at radius 1 is 1.12 bits per heavy atom. The van der Waals surface area contributed by atoms with Gasteiger partial charge in [-0.15, -0.1) is 0 Å². The highest BCUT2D eigenvalue weighted by atomic mass is 32.2. The number of ether oxygens (including phenoxy) is 1. The van der Waals surface area contributed by atoms with Crippen molar-refractivity contribution in [1.82, 2.24) is 15.0 Å². The van der Waals surface area contributed by atoms with Crippen LogP contribution in [0.5, 0.6) is 0 Å². The summed E-state index contributed by atoms with van der Waals surface area (Å²) < 4.78 is 44.0. The number of aromatic nitrogens is 3. The molecule has 0 aliphatic carbocycles. The third kappa shape index (κ3) is 5.70. The molecule has 216 valence electrons. The molecule has 3 aromatic rings. The number of methoxy groups -OCH3 is 1. The lowest BCUT2D eigenvalue weighted by Gasteiger charge is -2.44. The maximum Gasteiger partial charge on any atom is 0.227 e. The number of piperidine rings is 1. The van der Waals surface area contributed by atoms with E-state index in [0.29, 0.717) is 43.6 Å². The van der Waals surface area contributed by atoms with Crippen molar-refractivity contribution in [3.05, 3.63) is 42.2 Å². The molecule has 0 bridgehead atoms. The van der Waals surface area contributed by atoms with Gasteiger partial charge in [-0.3, -0.25) is 0 Å². The zero-order valence-electron chi connectivity index (χ0n) is 23.4. The summed E-state index contributed by atoms with van der Waals surface area (Å²) in [5, 5.41) is 4.85. The predicted molar refractivity (Wildman–Crippen MR) is 157 cm³/mol. The summed E-state index contributed by atoms with van der Waals surface area (Å²) in [7, 11) is -1.67. The Labute approximate surface area is 235 Å². The smallest absolute Gasteiger partial charge is 0.227 e. The van der Waals surface area contributed by atoms with Crippen LogP contribution in [-0.4, -0.2) is 87.0 Å². The largest absolute Gasteiger partial charge is 0.378 e. The van der Waals surface area contributed by atoms with Crippen LogP contribution < -0.4 is 20.9 Å². The van der Waals surface area contributed by atoms with Crippen LogP contribution in [0.25, 0.3) is 10.8 Å². The molecule has 12 heteroatoms. The Kier molecular flexibility index (Phi) is 8.12. The number of pyridine rings is 1. The monoisotopic (exact) mass is 571 g/mol. The molecule has 3 N–H and O–H groups in total. The van der Waals surface area contributed by atoms with Gasteiger partial charge in [-0.25, -0.2) is 22.8 Å². The van der Waals surface area contributed by atoms with Gasteiger partial charge in [0.15, 0.2) is 9.84 Å². The van der Waals surface area contributed by atoms with Gasteiger partial charge in [0.2, 0.25) is 5.95 Å². The predicted octanol–water partition coefficient (Wildman–Crippen LogP) is 3.26. The van der Waals surface area contributed by atoms with Crippen molar-refractivity contribution in [1.29, 1.82) is 0 Å². The van der Waals surface area contributed by atoms with Crippen molar-refractivity contribution < 1.29 is 17.5 Å². The zero-order chi connectivity index (χ0) is 28.6. The molecule has 4 heterocycles. The van der Waals surface area contributed by atoms with E-state index in [1.165, 1.54) is 18.9 Å². The van der Waals surface area contributed by atoms with Gasteiger partial charge < -0.3 is 25.6 Å². The highest BCUT2D eigenvalue weighted by molar-refractivity contribution is 7.91. The first kappa shape index (κ1) is 28.4. The van der Waals surface area contributed by atoms with Crippen molar-refractivity contribution in [3.63, 3.8) is 0 Å². The van der Waals surface area contributed by atoms with E-state index in [2.05, 4.69) is 51.1 Å². The van der Waals surface area contributed by atoms with E-state index in [9.17, 15) is 12.8 Å². The molecule has 0 radical (unpaired) electrons. The van der Waals surface area contributed by atoms with Gasteiger partial charge in [-0.1, -0.05) is 19.9 Å². The summed E-state index contributed by atoms with van der Waals surface area (Å²) in [6.07, 6.45) is 3.85. The molecule has 0 saturated carbocycles. The molecule has 1 aromatic carbocycles. The maximum atomic E-state index is 14.4. The average molecular weight is 572 g/mol. The molecule has 2 aromatic heterocycles. The molecule has 2 fully saturated rings. The molecule has 2 aliphatic heterocycles. The van der Waals surface area contributed by atoms with Gasteiger partial charge in [0.1, 0.15) is 17.8 Å². The van der Waals surface area contributed by atoms with E-state index >= 15 is 0 Å². The summed E-state index contributed by atoms with van der Waals surface area (Å²) in [6, 6.07) is 8.02. The van der Waals surface area contributed by atoms with Crippen LogP contribution >= 0.6 is 0 Å². The minimum Gasteiger partial charge on any atom is -0.378 e. The summed E-state index contributed by atoms with van der Waals surface area (Å²) in [5.74, 6) is 1.97. The molecule has 0 amide bonds. The first-order valence-corrected chi connectivity index (χ1v) is 15.6. The summed E-state index contributed by atoms with van der Waals surface area (Å²) in [6.45, 7) is 6.51. The van der Waals surface area contributed by atoms with Gasteiger partial charge in [-0.05, 0) is 41.5 Å². The lowest BCUT2D eigenvalue weighted by atomic mass is 9.91. The standard InChI is InChI=1S/C28H38FN7O3S/c1-17(2)19-5-6-23(36-14-18(15-36)25(12-30)40(4,37)38)21-13-32-27(11-20(19)21)33-26-7-9-31-28(34-26)35-10-8-24(39-3)22(29)16-35/h5-7,9,11,13,17-18,22,24-25H,8,10,12,14-16,30H2,1-4H3,(H,31,32,33,34)/t22-,24+,25+/m0/s1. The van der Waals surface area contributed by atoms with Gasteiger partial charge >= 0.3 is 0 Å². The maximum absolute atomic E-state index is 14.4. The molecule has 40 heavy (non-hydrogen) atoms. The van der Waals surface area contributed by atoms with Crippen molar-refractivity contribution >= 4 is 43.9 Å². The molecular weight excluding hydrogens is 533 g/mol. The molecule has 10 nitrogen and oxygen atoms in total. The number of benzene rings is 1. The second kappa shape index (κ2) is 11.4. The Balaban J connectivity index is 1.38. The third-order valence-electron chi connectivity index (χ3n) is 8.06. The van der Waals surface area contributed by atoms with E-state index in [-0.39, 0.29) is 24.9 Å². The summed E-state index contributed by atoms with van der Waals surface area (Å²) >= 11 is 0. The van der Waals surface area contributed by atoms with Crippen LogP contribution in [0.2, 0.25) is 0 Å². The second-order valence-electron chi connectivity index (χ2n) is 11.1. The van der Waals surface area contributed by atoms with Crippen molar-refractivity contribution in [2.45, 2.75) is 43.7 Å². The molecule has 5 rings (SSSR count). The van der Waals surface area contributed by atoms with E-state index in [4.69, 9.17) is 10.5 Å². The minimum atomic E-state index is -3.20. The summed E-state index contributed by atoms with van der Waals surface area (Å²) in [4.78, 5) is 17.7. The zero-order valence-corrected chi connectivity index (χ0v) is 24.2. The number of nitrogens with one attached hydrogen (secondary N) is 1. The number of hydrogen-bond acceptors (Lipinski definition) is 10. The number of hydrogen-bond donors (Lipinski definition) is 2. The fourth-order valence-electron chi connectivity index (χ4n) is 5.79. The Bertz CT molecular complexity index is 1470. The number of fused-ring (bicyclic) bond motifs is 1. The van der Waals surface area contributed by atoms with E-state index in [1.807, 2.05) is 17.2 Å². The quantitative estimate of drug-likeness (QED) is 0.395. The third-order valence-corrected chi connectivity index (χ3v) is 9.74. The number of alkyl halides is 1. The Morgan fingerprint density at radius 3 is 2.55 bits per heavy atom. The molecule has 0 unspecified atom stereocenters. The fraction of sp³-hybridized carbons (Fsp3) is 0.536. The summed E-state index contributed by atoms with van der Waals surface area (Å²) in [5.41, 5.74) is 8.02. The highest BCUT2D eigenvalue weighted by Crippen LogP contribution is 2.38. The van der Waals surface area contributed by atoms with Gasteiger partial charge in [0, 0.05) is 68.9 Å². The van der Waals surface area contributed by atoms with E-state index in [0.717, 1.165) is 16.5 Å². The first-order chi connectivity index (χ1) is 19.1. The van der Waals surface area contributed by atoms with Crippen LogP contribution in [-0.2, 0) is 14.6 Å². The van der Waals surface area contributed by atoms with Crippen molar-refractivity contribution in [2.24, 2.45) is 11.7 Å². The molecular formula is C28H38FN7O3S. The van der Waals surface area contributed by atoms with Crippen LogP contribution in [0.4, 0.5) is 27.7 Å². The lowest BCUT2D eigenvalue weighted by Crippen LogP contribution is -2.55. The fourth-order valence-corrected chi connectivity index (χ4v) is 7.01. The van der Waals surface area contributed by atoms with E-state index < -0.39 is 27.4 Å². The number of halogens is 1. The van der Waals surface area contributed by atoms with Crippen molar-refractivity contribution in [3.8, 4) is 0 Å². The van der Waals surface area contributed by atoms with E-state index in [1.54, 1.807) is 12.3 Å². The Morgan fingerprint density at radius 2 is 1.90 bits per heavy atom. The number of nitrogens with two attached hydrogens (primary N) is 1. The van der Waals surface area contributed by atoms with Crippen molar-refractivity contribution in [2.75, 3.05) is 61.2 Å². The molecule has 2 aliphatic rings. The second-order valence-corrected chi connectivity index (χ2v) is 13.4. The van der Waals surface area contributed by atoms with Crippen LogP contribution in [0.15, 0.2) is 36.7 Å². The average Bonchev–Trinajstić information content (AvgIpc) is 2.89. The highest BCUT2D eigenvalue weighted by Gasteiger charge is 2.38. The lowest BCUT2D eigenvalue weighted by molar-refractivity contribution is 0.0194. The van der Waals surface area contributed by atoms with Gasteiger partial charge in [0.25, 0.3) is 0 Å². The Hall–Kier alpha value is -3.09. The van der Waals surface area contributed by atoms with Crippen LogP contribution in [0.1, 0.15) is 31.7 Å². The number of rotatable bonds is 9. The van der Waals surface area contributed by atoms with Crippen LogP contribution in [0, 0.1) is 5.92 Å². The number of anilines is 4. The molecule has 0 spiro atoms. The normalized spacial score (nSPS) is 21.1. The molecule has 2 saturated heterocycles. The van der Waals surface area contributed by atoms with Crippen LogP contribution in [0.3, 0.4) is 0 Å². The number of sulfone groups is 1. The van der Waals surface area contributed by atoms with Gasteiger partial charge in [-0.2, -0.15) is 4.98 Å². The SMILES string of the molecule is CO[C@@H]1CCN(c2nccc(Nc3cc4c(C(C)C)ccc(N5CC([C@@H](CN)S(C)(=O)=O)C5)c4cn3)n2)C[C@@H]1F. The van der Waals surface area contributed by atoms with Gasteiger partial charge in [0.05, 0.1) is 17.9 Å².